The van der Waals surface area contributed by atoms with E-state index in [1.54, 1.807) is 14.0 Å². The largest absolute Gasteiger partial charge is 0.508 e. The predicted molar refractivity (Wildman–Crippen MR) is 161 cm³/mol. The van der Waals surface area contributed by atoms with Crippen LogP contribution in [0.4, 0.5) is 4.79 Å². The van der Waals surface area contributed by atoms with Crippen molar-refractivity contribution in [1.82, 2.24) is 50.9 Å². The standard InChI is InChI=1S/C26H28N10O9S2/c1-3-34-8-9-35(20(41)19(34)40)24(45)28-16(13-4-6-15(38)7-5-13)18(39)29-26(27-12-37)22(44)36-17(21(42)43)14(10-46-23(26)36)11-47-25-30-31-32-33(25)2/h4-7,12,16,23,38H,3,8-11H2,1-2H3,(H,27,37)(H,28,45)(H,29,39)(H,42,43)/t16?,23-,26-/m1/s1. The number of imide groups is 1. The van der Waals surface area contributed by atoms with E-state index < -0.39 is 52.7 Å². The highest BCUT2D eigenvalue weighted by atomic mass is 32.2. The lowest BCUT2D eigenvalue weighted by Crippen LogP contribution is -2.85. The van der Waals surface area contributed by atoms with Gasteiger partial charge in [-0.1, -0.05) is 23.9 Å². The number of aliphatic carboxylic acids is 1. The van der Waals surface area contributed by atoms with E-state index in [9.17, 15) is 43.8 Å². The van der Waals surface area contributed by atoms with Gasteiger partial charge in [0.1, 0.15) is 22.9 Å². The average molecular weight is 689 g/mol. The van der Waals surface area contributed by atoms with Crippen molar-refractivity contribution < 1.29 is 43.8 Å². The first-order valence-electron chi connectivity index (χ1n) is 13.9. The van der Waals surface area contributed by atoms with Crippen LogP contribution >= 0.6 is 23.5 Å². The number of nitrogens with one attached hydrogen (secondary N) is 3. The number of aromatic nitrogens is 4. The van der Waals surface area contributed by atoms with Crippen LogP contribution in [0.15, 0.2) is 40.7 Å². The van der Waals surface area contributed by atoms with Gasteiger partial charge in [-0.15, -0.1) is 16.9 Å². The molecule has 1 unspecified atom stereocenters. The first-order valence-corrected chi connectivity index (χ1v) is 16.0. The van der Waals surface area contributed by atoms with Gasteiger partial charge in [0.2, 0.25) is 23.1 Å². The summed E-state index contributed by atoms with van der Waals surface area (Å²) in [6.45, 7) is 1.87. The molecule has 19 nitrogen and oxygen atoms in total. The fourth-order valence-electron chi connectivity index (χ4n) is 5.21. The Morgan fingerprint density at radius 3 is 2.51 bits per heavy atom. The number of aryl methyl sites for hydroxylation is 1. The fourth-order valence-corrected chi connectivity index (χ4v) is 7.62. The van der Waals surface area contributed by atoms with E-state index in [1.165, 1.54) is 33.8 Å². The molecule has 3 aliphatic heterocycles. The molecular formula is C26H28N10O9S2. The second-order valence-electron chi connectivity index (χ2n) is 10.3. The number of carbonyl (C=O) groups excluding carboxylic acids is 6. The first kappa shape index (κ1) is 33.2. The molecule has 0 spiro atoms. The summed E-state index contributed by atoms with van der Waals surface area (Å²) >= 11 is 2.24. The van der Waals surface area contributed by atoms with Gasteiger partial charge >= 0.3 is 23.8 Å². The number of piperazine rings is 1. The molecule has 0 aliphatic carbocycles. The molecule has 4 heterocycles. The number of tetrazole rings is 1. The number of nitrogens with zero attached hydrogens (tertiary/aromatic N) is 7. The average Bonchev–Trinajstić information content (AvgIpc) is 3.47. The number of β-lactam (4-membered cyclic amide) rings is 1. The van der Waals surface area contributed by atoms with Crippen molar-refractivity contribution in [3.05, 3.63) is 41.1 Å². The molecule has 5 N–H and O–H groups in total. The van der Waals surface area contributed by atoms with Crippen molar-refractivity contribution in [2.24, 2.45) is 7.05 Å². The number of benzene rings is 1. The predicted octanol–water partition coefficient (Wildman–Crippen LogP) is -2.04. The summed E-state index contributed by atoms with van der Waals surface area (Å²) in [5.74, 6) is -5.30. The minimum atomic E-state index is -2.12. The quantitative estimate of drug-likeness (QED) is 0.0561. The molecule has 21 heteroatoms. The number of aromatic hydroxyl groups is 1. The SMILES string of the molecule is CCN1CCN(C(=O)NC(C(=O)N[C@]2(NC=O)C(=O)N3C(C(=O)O)=C(CSc4nnnn4C)CS[C@@H]32)c2ccc(O)cc2)C(=O)C1=O. The Balaban J connectivity index is 1.40. The fraction of sp³-hybridized carbons (Fsp3) is 0.385. The third kappa shape index (κ3) is 6.05. The summed E-state index contributed by atoms with van der Waals surface area (Å²) in [6, 6.07) is 2.43. The highest BCUT2D eigenvalue weighted by Crippen LogP contribution is 2.46. The molecule has 47 heavy (non-hydrogen) atoms. The van der Waals surface area contributed by atoms with Gasteiger partial charge in [0.25, 0.3) is 5.91 Å². The zero-order valence-corrected chi connectivity index (χ0v) is 26.4. The number of likely N-dealkylation sites (N-methyl/N-ethyl adjacent to an activating group) is 1. The lowest BCUT2D eigenvalue weighted by atomic mass is 9.94. The Labute approximate surface area is 274 Å². The van der Waals surface area contributed by atoms with Crippen LogP contribution in [0, 0.1) is 0 Å². The highest BCUT2D eigenvalue weighted by Gasteiger charge is 2.66. The number of fused-ring (bicyclic) bond motifs is 1. The highest BCUT2D eigenvalue weighted by molar-refractivity contribution is 8.01. The van der Waals surface area contributed by atoms with Crippen LogP contribution in [0.5, 0.6) is 5.75 Å². The van der Waals surface area contributed by atoms with Crippen molar-refractivity contribution >= 4 is 65.6 Å². The number of carbonyl (C=O) groups is 7. The van der Waals surface area contributed by atoms with Crippen molar-refractivity contribution in [1.29, 1.82) is 0 Å². The lowest BCUT2D eigenvalue weighted by Gasteiger charge is -2.56. The molecule has 1 aromatic carbocycles. The maximum atomic E-state index is 13.9. The molecule has 5 rings (SSSR count). The van der Waals surface area contributed by atoms with Crippen LogP contribution in [-0.4, -0.2) is 129 Å². The third-order valence-corrected chi connectivity index (χ3v) is 10.1. The van der Waals surface area contributed by atoms with Gasteiger partial charge in [-0.3, -0.25) is 33.8 Å². The van der Waals surface area contributed by atoms with Crippen LogP contribution in [0.2, 0.25) is 0 Å². The van der Waals surface area contributed by atoms with Crippen LogP contribution in [0.1, 0.15) is 18.5 Å². The van der Waals surface area contributed by atoms with E-state index in [0.717, 1.165) is 28.4 Å². The molecule has 1 aromatic heterocycles. The van der Waals surface area contributed by atoms with Gasteiger partial charge in [0.05, 0.1) is 0 Å². The monoisotopic (exact) mass is 688 g/mol. The summed E-state index contributed by atoms with van der Waals surface area (Å²) in [4.78, 5) is 92.9. The van der Waals surface area contributed by atoms with Gasteiger partial charge in [-0.2, -0.15) is 0 Å². The number of hydrogen-bond donors (Lipinski definition) is 5. The van der Waals surface area contributed by atoms with Gasteiger partial charge in [-0.25, -0.2) is 14.3 Å². The Kier molecular flexibility index (Phi) is 9.38. The number of thioether (sulfide) groups is 2. The molecule has 2 saturated heterocycles. The molecule has 248 valence electrons. The number of rotatable bonds is 11. The minimum Gasteiger partial charge on any atom is -0.508 e. The van der Waals surface area contributed by atoms with E-state index >= 15 is 0 Å². The summed E-state index contributed by atoms with van der Waals surface area (Å²) < 4.78 is 1.40. The first-order chi connectivity index (χ1) is 22.4. The number of urea groups is 1. The van der Waals surface area contributed by atoms with Gasteiger partial charge in [-0.05, 0) is 40.6 Å². The molecule has 0 bridgehead atoms. The molecule has 3 atom stereocenters. The molecule has 3 aliphatic rings. The zero-order chi connectivity index (χ0) is 34.0. The molecule has 0 saturated carbocycles. The second kappa shape index (κ2) is 13.3. The van der Waals surface area contributed by atoms with Crippen molar-refractivity contribution in [3.63, 3.8) is 0 Å². The molecule has 0 radical (unpaired) electrons. The van der Waals surface area contributed by atoms with Gasteiger partial charge in [0, 0.05) is 38.2 Å². The van der Waals surface area contributed by atoms with Crippen molar-refractivity contribution in [2.75, 3.05) is 31.1 Å². The Hall–Kier alpha value is -5.18. The van der Waals surface area contributed by atoms with Gasteiger partial charge < -0.3 is 31.1 Å². The smallest absolute Gasteiger partial charge is 0.352 e. The molecule has 2 aromatic rings. The van der Waals surface area contributed by atoms with Crippen LogP contribution in [0.3, 0.4) is 0 Å². The van der Waals surface area contributed by atoms with Crippen LogP contribution in [0.25, 0.3) is 0 Å². The number of carboxylic acids is 1. The minimum absolute atomic E-state index is 0.0789. The number of carboxylic acid groups (broad SMARTS) is 1. The number of phenolic OH excluding ortho intramolecular Hbond substituents is 1. The van der Waals surface area contributed by atoms with E-state index in [4.69, 9.17) is 0 Å². The summed E-state index contributed by atoms with van der Waals surface area (Å²) in [6.07, 6.45) is 0.179. The zero-order valence-electron chi connectivity index (χ0n) is 24.8. The van der Waals surface area contributed by atoms with E-state index in [0.29, 0.717) is 15.6 Å². The maximum absolute atomic E-state index is 13.9. The topological polar surface area (TPSA) is 249 Å². The van der Waals surface area contributed by atoms with E-state index in [-0.39, 0.29) is 54.6 Å². The lowest BCUT2D eigenvalue weighted by molar-refractivity contribution is -0.163. The summed E-state index contributed by atoms with van der Waals surface area (Å²) in [7, 11) is 1.61. The van der Waals surface area contributed by atoms with Crippen LogP contribution < -0.4 is 16.0 Å². The maximum Gasteiger partial charge on any atom is 0.352 e. The summed E-state index contributed by atoms with van der Waals surface area (Å²) in [5.41, 5.74) is -1.95. The van der Waals surface area contributed by atoms with Crippen LogP contribution in [-0.2, 0) is 35.8 Å². The Morgan fingerprint density at radius 2 is 1.89 bits per heavy atom. The number of hydrogen-bond acceptors (Lipinski definition) is 13. The van der Waals surface area contributed by atoms with E-state index in [2.05, 4.69) is 31.5 Å². The third-order valence-electron chi connectivity index (χ3n) is 7.61. The number of phenols is 1. The normalized spacial score (nSPS) is 21.5. The summed E-state index contributed by atoms with van der Waals surface area (Å²) in [5, 5.41) is 37.5. The van der Waals surface area contributed by atoms with Crippen molar-refractivity contribution in [2.45, 2.75) is 29.2 Å². The molecule has 7 amide bonds. The molecular weight excluding hydrogens is 660 g/mol. The molecule has 2 fully saturated rings. The van der Waals surface area contributed by atoms with Crippen molar-refractivity contribution in [3.8, 4) is 5.75 Å². The Morgan fingerprint density at radius 1 is 1.17 bits per heavy atom. The second-order valence-corrected chi connectivity index (χ2v) is 12.4. The number of amides is 7. The Bertz CT molecular complexity index is 1680. The van der Waals surface area contributed by atoms with Gasteiger partial charge in [0.15, 0.2) is 0 Å². The van der Waals surface area contributed by atoms with E-state index in [1.807, 2.05) is 0 Å².